The lowest BCUT2D eigenvalue weighted by Gasteiger charge is -2.47. The molecule has 0 aliphatic carbocycles. The number of likely N-dealkylation sites (tertiary alicyclic amines) is 1. The van der Waals surface area contributed by atoms with Crippen LogP contribution < -0.4 is 4.74 Å². The maximum Gasteiger partial charge on any atom is 0.410 e. The van der Waals surface area contributed by atoms with Crippen LogP contribution >= 0.6 is 0 Å². The molecule has 1 aliphatic heterocycles. The van der Waals surface area contributed by atoms with Crippen molar-refractivity contribution < 1.29 is 33.2 Å². The normalized spacial score (nSPS) is 18.6. The molecule has 6 rings (SSSR count). The summed E-state index contributed by atoms with van der Waals surface area (Å²) in [6, 6.07) is 46.9. The molecular weight excluding hydrogens is 642 g/mol. The molecule has 1 fully saturated rings. The molecule has 51 heavy (non-hydrogen) atoms. The maximum absolute atomic E-state index is 14.1. The number of ether oxygens (including phenoxy) is 6. The monoisotopic (exact) mass is 687 g/mol. The minimum absolute atomic E-state index is 0.134. The van der Waals surface area contributed by atoms with Gasteiger partial charge in [0.15, 0.2) is 0 Å². The SMILES string of the molecule is COc1ccc(CO[C@H]2CN(C(=O)OCc3ccccc3)[C@H](COCc3ccccc3)[C@@H](OCc3ccccc3)[C@@H]2OCc2ccccc2)cc1. The third-order valence-electron chi connectivity index (χ3n) is 8.88. The second kappa shape index (κ2) is 18.8. The van der Waals surface area contributed by atoms with E-state index in [1.807, 2.05) is 146 Å². The van der Waals surface area contributed by atoms with Crippen LogP contribution in [0, 0.1) is 0 Å². The molecule has 0 bridgehead atoms. The van der Waals surface area contributed by atoms with Gasteiger partial charge in [-0.25, -0.2) is 4.79 Å². The average molecular weight is 688 g/mol. The van der Waals surface area contributed by atoms with Crippen molar-refractivity contribution in [3.63, 3.8) is 0 Å². The lowest BCUT2D eigenvalue weighted by molar-refractivity contribution is -0.205. The van der Waals surface area contributed by atoms with Gasteiger partial charge in [-0.1, -0.05) is 133 Å². The van der Waals surface area contributed by atoms with E-state index < -0.39 is 30.4 Å². The number of carbonyl (C=O) groups is 1. The molecule has 5 aromatic carbocycles. The van der Waals surface area contributed by atoms with Gasteiger partial charge in [0, 0.05) is 0 Å². The molecule has 5 aromatic rings. The Hall–Kier alpha value is -4.99. The van der Waals surface area contributed by atoms with Gasteiger partial charge in [-0.05, 0) is 39.9 Å². The van der Waals surface area contributed by atoms with Crippen LogP contribution in [0.25, 0.3) is 0 Å². The first kappa shape index (κ1) is 35.8. The summed E-state index contributed by atoms with van der Waals surface area (Å²) in [4.78, 5) is 15.8. The van der Waals surface area contributed by atoms with Crippen molar-refractivity contribution in [1.82, 2.24) is 4.90 Å². The third kappa shape index (κ3) is 10.5. The number of piperidine rings is 1. The van der Waals surface area contributed by atoms with E-state index in [1.165, 1.54) is 0 Å². The molecule has 4 atom stereocenters. The number of hydrogen-bond donors (Lipinski definition) is 0. The average Bonchev–Trinajstić information content (AvgIpc) is 3.19. The highest BCUT2D eigenvalue weighted by atomic mass is 16.6. The summed E-state index contributed by atoms with van der Waals surface area (Å²) in [7, 11) is 1.64. The van der Waals surface area contributed by atoms with E-state index in [9.17, 15) is 4.79 Å². The van der Waals surface area contributed by atoms with Gasteiger partial charge in [-0.3, -0.25) is 4.90 Å². The Morgan fingerprint density at radius 3 is 1.53 bits per heavy atom. The summed E-state index contributed by atoms with van der Waals surface area (Å²) in [5.41, 5.74) is 4.92. The molecule has 1 saturated heterocycles. The van der Waals surface area contributed by atoms with Crippen LogP contribution in [-0.2, 0) is 56.7 Å². The number of hydrogen-bond acceptors (Lipinski definition) is 7. The van der Waals surface area contributed by atoms with Gasteiger partial charge in [0.1, 0.15) is 30.7 Å². The van der Waals surface area contributed by atoms with Gasteiger partial charge in [0.2, 0.25) is 0 Å². The van der Waals surface area contributed by atoms with Crippen LogP contribution in [0.2, 0.25) is 0 Å². The molecule has 1 aliphatic rings. The van der Waals surface area contributed by atoms with E-state index >= 15 is 0 Å². The first-order chi connectivity index (χ1) is 25.2. The first-order valence-corrected chi connectivity index (χ1v) is 17.3. The quantitative estimate of drug-likeness (QED) is 0.104. The summed E-state index contributed by atoms with van der Waals surface area (Å²) < 4.78 is 37.8. The summed E-state index contributed by atoms with van der Waals surface area (Å²) in [5.74, 6) is 0.764. The van der Waals surface area contributed by atoms with Crippen molar-refractivity contribution in [2.45, 2.75) is 57.4 Å². The number of amides is 1. The van der Waals surface area contributed by atoms with E-state index in [0.717, 1.165) is 33.6 Å². The Bertz CT molecular complexity index is 1720. The molecular formula is C43H45NO7. The van der Waals surface area contributed by atoms with Gasteiger partial charge in [0.05, 0.1) is 52.7 Å². The van der Waals surface area contributed by atoms with E-state index in [1.54, 1.807) is 12.0 Å². The van der Waals surface area contributed by atoms with Crippen LogP contribution in [0.15, 0.2) is 146 Å². The molecule has 0 aromatic heterocycles. The predicted molar refractivity (Wildman–Crippen MR) is 195 cm³/mol. The Labute approximate surface area is 300 Å². The fourth-order valence-electron chi connectivity index (χ4n) is 6.12. The zero-order valence-electron chi connectivity index (χ0n) is 28.9. The fourth-order valence-corrected chi connectivity index (χ4v) is 6.12. The van der Waals surface area contributed by atoms with E-state index in [2.05, 4.69) is 0 Å². The molecule has 0 unspecified atom stereocenters. The van der Waals surface area contributed by atoms with Crippen molar-refractivity contribution >= 4 is 6.09 Å². The highest BCUT2D eigenvalue weighted by Gasteiger charge is 2.48. The van der Waals surface area contributed by atoms with Gasteiger partial charge in [-0.2, -0.15) is 0 Å². The number of carbonyl (C=O) groups excluding carboxylic acids is 1. The van der Waals surface area contributed by atoms with Crippen LogP contribution in [-0.4, -0.2) is 55.6 Å². The number of methoxy groups -OCH3 is 1. The van der Waals surface area contributed by atoms with E-state index in [-0.39, 0.29) is 19.8 Å². The largest absolute Gasteiger partial charge is 0.497 e. The fraction of sp³-hybridized carbons (Fsp3) is 0.279. The standard InChI is InChI=1S/C43H45NO7/c1-46-38-24-22-37(23-25-38)28-48-40-26-44(43(45)51-31-36-20-12-5-13-21-36)39(32-47-27-33-14-6-2-7-15-33)41(49-29-34-16-8-3-9-17-34)42(40)50-30-35-18-10-4-11-19-35/h2-25,39-42H,26-32H2,1H3/t39-,40+,41-,42-/m1/s1. The van der Waals surface area contributed by atoms with Crippen molar-refractivity contribution in [2.24, 2.45) is 0 Å². The highest BCUT2D eigenvalue weighted by Crippen LogP contribution is 2.30. The zero-order valence-corrected chi connectivity index (χ0v) is 28.9. The minimum atomic E-state index is -0.622. The van der Waals surface area contributed by atoms with Crippen LogP contribution in [0.1, 0.15) is 27.8 Å². The maximum atomic E-state index is 14.1. The van der Waals surface area contributed by atoms with Gasteiger partial charge in [-0.15, -0.1) is 0 Å². The van der Waals surface area contributed by atoms with E-state index in [0.29, 0.717) is 26.4 Å². The number of rotatable bonds is 16. The summed E-state index contributed by atoms with van der Waals surface area (Å²) >= 11 is 0. The highest BCUT2D eigenvalue weighted by molar-refractivity contribution is 5.68. The third-order valence-corrected chi connectivity index (χ3v) is 8.88. The molecule has 0 spiro atoms. The number of nitrogens with zero attached hydrogens (tertiary/aromatic N) is 1. The zero-order chi connectivity index (χ0) is 35.1. The number of benzene rings is 5. The van der Waals surface area contributed by atoms with Gasteiger partial charge < -0.3 is 28.4 Å². The molecule has 264 valence electrons. The van der Waals surface area contributed by atoms with Gasteiger partial charge in [0.25, 0.3) is 0 Å². The Balaban J connectivity index is 1.31. The summed E-state index contributed by atoms with van der Waals surface area (Å²) in [6.07, 6.45) is -2.19. The second-order valence-electron chi connectivity index (χ2n) is 12.5. The molecule has 8 nitrogen and oxygen atoms in total. The van der Waals surface area contributed by atoms with Crippen LogP contribution in [0.4, 0.5) is 4.79 Å². The first-order valence-electron chi connectivity index (χ1n) is 17.3. The van der Waals surface area contributed by atoms with Crippen molar-refractivity contribution in [3.8, 4) is 5.75 Å². The molecule has 1 heterocycles. The van der Waals surface area contributed by atoms with Crippen molar-refractivity contribution in [1.29, 1.82) is 0 Å². The molecule has 0 radical (unpaired) electrons. The van der Waals surface area contributed by atoms with Gasteiger partial charge >= 0.3 is 6.09 Å². The van der Waals surface area contributed by atoms with Crippen LogP contribution in [0.5, 0.6) is 5.75 Å². The molecule has 1 amide bonds. The second-order valence-corrected chi connectivity index (χ2v) is 12.5. The molecule has 0 saturated carbocycles. The summed E-state index contributed by atoms with van der Waals surface area (Å²) in [6.45, 7) is 1.88. The van der Waals surface area contributed by atoms with E-state index in [4.69, 9.17) is 28.4 Å². The minimum Gasteiger partial charge on any atom is -0.497 e. The Kier molecular flexibility index (Phi) is 13.2. The topological polar surface area (TPSA) is 75.7 Å². The Morgan fingerprint density at radius 2 is 1.00 bits per heavy atom. The lowest BCUT2D eigenvalue weighted by Crippen LogP contribution is -2.65. The summed E-state index contributed by atoms with van der Waals surface area (Å²) in [5, 5.41) is 0. The predicted octanol–water partition coefficient (Wildman–Crippen LogP) is 7.99. The van der Waals surface area contributed by atoms with Crippen molar-refractivity contribution in [3.05, 3.63) is 173 Å². The van der Waals surface area contributed by atoms with Crippen LogP contribution in [0.3, 0.4) is 0 Å². The molecule has 0 N–H and O–H groups in total. The molecule has 8 heteroatoms. The lowest BCUT2D eigenvalue weighted by atomic mass is 9.93. The Morgan fingerprint density at radius 1 is 0.549 bits per heavy atom. The van der Waals surface area contributed by atoms with Crippen molar-refractivity contribution in [2.75, 3.05) is 20.3 Å². The smallest absolute Gasteiger partial charge is 0.410 e.